The summed E-state index contributed by atoms with van der Waals surface area (Å²) in [6.45, 7) is 5.12. The largest absolute Gasteiger partial charge is 0.458 e. The highest BCUT2D eigenvalue weighted by atomic mass is 32.1. The van der Waals surface area contributed by atoms with Crippen LogP contribution in [0.25, 0.3) is 0 Å². The molecular formula is C15H19N5O2S. The Kier molecular flexibility index (Phi) is 4.80. The summed E-state index contributed by atoms with van der Waals surface area (Å²) in [5.41, 5.74) is 1.76. The molecule has 7 nitrogen and oxygen atoms in total. The van der Waals surface area contributed by atoms with E-state index in [0.717, 1.165) is 42.9 Å². The number of carbonyl (C=O) groups is 1. The van der Waals surface area contributed by atoms with Crippen LogP contribution in [0.1, 0.15) is 40.7 Å². The van der Waals surface area contributed by atoms with E-state index < -0.39 is 0 Å². The van der Waals surface area contributed by atoms with Crippen LogP contribution in [0.5, 0.6) is 6.01 Å². The summed E-state index contributed by atoms with van der Waals surface area (Å²) in [4.78, 5) is 23.4. The third-order valence-electron chi connectivity index (χ3n) is 3.87. The van der Waals surface area contributed by atoms with Crippen LogP contribution in [-0.4, -0.2) is 49.6 Å². The number of carbonyl (C=O) groups excluding carboxylic acids is 1. The van der Waals surface area contributed by atoms with E-state index in [1.54, 1.807) is 24.2 Å². The van der Waals surface area contributed by atoms with Gasteiger partial charge in [-0.15, -0.1) is 5.10 Å². The van der Waals surface area contributed by atoms with E-state index in [1.807, 2.05) is 0 Å². The second-order valence-electron chi connectivity index (χ2n) is 5.55. The van der Waals surface area contributed by atoms with Crippen LogP contribution in [-0.2, 0) is 6.42 Å². The predicted molar refractivity (Wildman–Crippen MR) is 85.6 cm³/mol. The molecule has 1 fully saturated rings. The number of aromatic nitrogens is 4. The molecule has 1 unspecified atom stereocenters. The van der Waals surface area contributed by atoms with Gasteiger partial charge in [-0.3, -0.25) is 4.79 Å². The topological polar surface area (TPSA) is 81.1 Å². The van der Waals surface area contributed by atoms with Gasteiger partial charge < -0.3 is 9.64 Å². The first-order valence-electron chi connectivity index (χ1n) is 7.73. The van der Waals surface area contributed by atoms with Crippen molar-refractivity contribution in [3.63, 3.8) is 0 Å². The summed E-state index contributed by atoms with van der Waals surface area (Å²) in [5, 5.41) is 3.91. The van der Waals surface area contributed by atoms with E-state index in [0.29, 0.717) is 23.1 Å². The Bertz CT molecular complexity index is 673. The number of ether oxygens (including phenoxy) is 1. The van der Waals surface area contributed by atoms with E-state index in [9.17, 15) is 4.79 Å². The summed E-state index contributed by atoms with van der Waals surface area (Å²) in [6, 6.07) is 0.372. The first-order chi connectivity index (χ1) is 11.2. The molecular weight excluding hydrogens is 314 g/mol. The number of amides is 1. The Balaban J connectivity index is 1.63. The molecule has 3 rings (SSSR count). The Morgan fingerprint density at radius 3 is 2.87 bits per heavy atom. The average molecular weight is 333 g/mol. The van der Waals surface area contributed by atoms with Gasteiger partial charge in [0.15, 0.2) is 0 Å². The lowest BCUT2D eigenvalue weighted by molar-refractivity contribution is 0.0519. The van der Waals surface area contributed by atoms with Gasteiger partial charge in [-0.1, -0.05) is 11.4 Å². The molecule has 8 heteroatoms. The van der Waals surface area contributed by atoms with Crippen molar-refractivity contribution >= 4 is 17.4 Å². The lowest BCUT2D eigenvalue weighted by atomic mass is 10.1. The van der Waals surface area contributed by atoms with Crippen LogP contribution < -0.4 is 4.74 Å². The van der Waals surface area contributed by atoms with E-state index in [-0.39, 0.29) is 12.0 Å². The molecule has 1 atom stereocenters. The lowest BCUT2D eigenvalue weighted by Crippen LogP contribution is -2.44. The minimum absolute atomic E-state index is 0.0203. The van der Waals surface area contributed by atoms with Crippen molar-refractivity contribution in [1.82, 2.24) is 24.5 Å². The fourth-order valence-electron chi connectivity index (χ4n) is 2.53. The van der Waals surface area contributed by atoms with Gasteiger partial charge in [0, 0.05) is 18.9 Å². The number of piperidine rings is 1. The minimum atomic E-state index is -0.0821. The van der Waals surface area contributed by atoms with Gasteiger partial charge >= 0.3 is 6.01 Å². The highest BCUT2D eigenvalue weighted by Gasteiger charge is 2.28. The Labute approximate surface area is 138 Å². The third kappa shape index (κ3) is 3.64. The molecule has 0 N–H and O–H groups in total. The smallest absolute Gasteiger partial charge is 0.316 e. The van der Waals surface area contributed by atoms with Crippen molar-refractivity contribution in [2.24, 2.45) is 0 Å². The first-order valence-corrected chi connectivity index (χ1v) is 8.50. The molecule has 1 amide bonds. The number of rotatable bonds is 4. The van der Waals surface area contributed by atoms with Crippen LogP contribution in [0.15, 0.2) is 12.4 Å². The standard InChI is InChI=1S/C15H19N5O2S/c1-3-11-7-16-15(17-8-11)22-12-5-4-6-20(9-12)14(21)13-10(2)18-19-23-13/h7-8,12H,3-6,9H2,1-2H3. The molecule has 3 heterocycles. The molecule has 2 aromatic heterocycles. The zero-order valence-electron chi connectivity index (χ0n) is 13.2. The lowest BCUT2D eigenvalue weighted by Gasteiger charge is -2.32. The van der Waals surface area contributed by atoms with Crippen LogP contribution in [0.3, 0.4) is 0 Å². The van der Waals surface area contributed by atoms with Gasteiger partial charge in [-0.2, -0.15) is 0 Å². The fraction of sp³-hybridized carbons (Fsp3) is 0.533. The molecule has 0 aliphatic carbocycles. The zero-order chi connectivity index (χ0) is 16.2. The molecule has 1 aliphatic heterocycles. The van der Waals surface area contributed by atoms with Gasteiger partial charge in [0.2, 0.25) is 0 Å². The van der Waals surface area contributed by atoms with Crippen molar-refractivity contribution in [3.05, 3.63) is 28.5 Å². The second kappa shape index (κ2) is 6.99. The number of aryl methyl sites for hydroxylation is 2. The third-order valence-corrected chi connectivity index (χ3v) is 4.69. The van der Waals surface area contributed by atoms with Gasteiger partial charge in [-0.25, -0.2) is 9.97 Å². The quantitative estimate of drug-likeness (QED) is 0.850. The fourth-order valence-corrected chi connectivity index (χ4v) is 3.15. The van der Waals surface area contributed by atoms with Gasteiger partial charge in [0.1, 0.15) is 11.0 Å². The van der Waals surface area contributed by atoms with Crippen molar-refractivity contribution in [1.29, 1.82) is 0 Å². The number of hydrogen-bond donors (Lipinski definition) is 0. The summed E-state index contributed by atoms with van der Waals surface area (Å²) in [6.07, 6.45) is 6.16. The summed E-state index contributed by atoms with van der Waals surface area (Å²) in [5.74, 6) is -0.0203. The zero-order valence-corrected chi connectivity index (χ0v) is 14.0. The van der Waals surface area contributed by atoms with Crippen molar-refractivity contribution in [3.8, 4) is 6.01 Å². The van der Waals surface area contributed by atoms with E-state index >= 15 is 0 Å². The van der Waals surface area contributed by atoms with Gasteiger partial charge in [-0.05, 0) is 43.3 Å². The van der Waals surface area contributed by atoms with Crippen LogP contribution in [0.4, 0.5) is 0 Å². The second-order valence-corrected chi connectivity index (χ2v) is 6.30. The molecule has 0 bridgehead atoms. The molecule has 1 aliphatic rings. The van der Waals surface area contributed by atoms with Gasteiger partial charge in [0.05, 0.1) is 12.2 Å². The normalized spacial score (nSPS) is 18.0. The molecule has 0 radical (unpaired) electrons. The maximum atomic E-state index is 12.5. The molecule has 1 saturated heterocycles. The molecule has 2 aromatic rings. The Morgan fingerprint density at radius 2 is 2.22 bits per heavy atom. The SMILES string of the molecule is CCc1cnc(OC2CCCN(C(=O)c3snnc3C)C2)nc1. The maximum absolute atomic E-state index is 12.5. The number of nitrogens with zero attached hydrogens (tertiary/aromatic N) is 5. The molecule has 0 saturated carbocycles. The van der Waals surface area contributed by atoms with Crippen molar-refractivity contribution in [2.45, 2.75) is 39.2 Å². The number of hydrogen-bond acceptors (Lipinski definition) is 7. The van der Waals surface area contributed by atoms with Crippen LogP contribution in [0.2, 0.25) is 0 Å². The van der Waals surface area contributed by atoms with Crippen LogP contribution >= 0.6 is 11.5 Å². The molecule has 0 spiro atoms. The molecule has 122 valence electrons. The van der Waals surface area contributed by atoms with Crippen LogP contribution in [0, 0.1) is 6.92 Å². The highest BCUT2D eigenvalue weighted by Crippen LogP contribution is 2.19. The summed E-state index contributed by atoms with van der Waals surface area (Å²) >= 11 is 1.14. The molecule has 23 heavy (non-hydrogen) atoms. The minimum Gasteiger partial charge on any atom is -0.458 e. The Hall–Kier alpha value is -2.09. The number of likely N-dealkylation sites (tertiary alicyclic amines) is 1. The van der Waals surface area contributed by atoms with Crippen molar-refractivity contribution < 1.29 is 9.53 Å². The molecule has 0 aromatic carbocycles. The van der Waals surface area contributed by atoms with Crippen molar-refractivity contribution in [2.75, 3.05) is 13.1 Å². The predicted octanol–water partition coefficient (Wildman–Crippen LogP) is 1.88. The summed E-state index contributed by atoms with van der Waals surface area (Å²) in [7, 11) is 0. The highest BCUT2D eigenvalue weighted by molar-refractivity contribution is 7.07. The van der Waals surface area contributed by atoms with E-state index in [1.165, 1.54) is 0 Å². The Morgan fingerprint density at radius 1 is 1.43 bits per heavy atom. The van der Waals surface area contributed by atoms with Gasteiger partial charge in [0.25, 0.3) is 5.91 Å². The summed E-state index contributed by atoms with van der Waals surface area (Å²) < 4.78 is 9.67. The first kappa shape index (κ1) is 15.8. The monoisotopic (exact) mass is 333 g/mol. The van der Waals surface area contributed by atoms with E-state index in [4.69, 9.17) is 4.74 Å². The average Bonchev–Trinajstić information content (AvgIpc) is 3.01. The van der Waals surface area contributed by atoms with E-state index in [2.05, 4.69) is 26.5 Å². The maximum Gasteiger partial charge on any atom is 0.316 e.